The molecule has 5 heteroatoms. The molecule has 4 aromatic rings. The van der Waals surface area contributed by atoms with E-state index in [4.69, 9.17) is 4.52 Å². The summed E-state index contributed by atoms with van der Waals surface area (Å²) in [5, 5.41) is 5.40. The number of likely N-dealkylation sites (tertiary alicyclic amines) is 1. The van der Waals surface area contributed by atoms with Gasteiger partial charge in [-0.1, -0.05) is 53.7 Å². The Bertz CT molecular complexity index is 1050. The molecular formula is C22H20N4O. The van der Waals surface area contributed by atoms with E-state index in [0.717, 1.165) is 43.0 Å². The predicted octanol–water partition coefficient (Wildman–Crippen LogP) is 4.27. The van der Waals surface area contributed by atoms with Gasteiger partial charge in [-0.25, -0.2) is 0 Å². The molecule has 0 amide bonds. The molecule has 0 N–H and O–H groups in total. The highest BCUT2D eigenvalue weighted by Gasteiger charge is 2.28. The van der Waals surface area contributed by atoms with Crippen molar-refractivity contribution < 1.29 is 4.52 Å². The molecule has 134 valence electrons. The fraction of sp³-hybridized carbons (Fsp3) is 0.227. The molecule has 1 aliphatic heterocycles. The number of aromatic nitrogens is 3. The van der Waals surface area contributed by atoms with Gasteiger partial charge in [-0.05, 0) is 30.7 Å². The van der Waals surface area contributed by atoms with Crippen LogP contribution in [0.1, 0.15) is 23.8 Å². The SMILES string of the molecule is c1ccc(-c2noc([C@@H]3CCN(Cc4ccnc5ccccc45)C3)n2)cc1. The first-order valence-corrected chi connectivity index (χ1v) is 9.31. The number of pyridine rings is 1. The van der Waals surface area contributed by atoms with E-state index < -0.39 is 0 Å². The molecule has 0 unspecified atom stereocenters. The standard InChI is InChI=1S/C22H20N4O/c1-2-6-16(7-3-1)21-24-22(27-25-21)18-11-13-26(15-18)14-17-10-12-23-20-9-5-4-8-19(17)20/h1-10,12,18H,11,13-15H2/t18-/m1/s1. The summed E-state index contributed by atoms with van der Waals surface area (Å²) in [5.74, 6) is 1.71. The maximum Gasteiger partial charge on any atom is 0.231 e. The van der Waals surface area contributed by atoms with Crippen molar-refractivity contribution in [2.24, 2.45) is 0 Å². The van der Waals surface area contributed by atoms with Gasteiger partial charge in [0.25, 0.3) is 0 Å². The van der Waals surface area contributed by atoms with E-state index >= 15 is 0 Å². The number of para-hydroxylation sites is 1. The van der Waals surface area contributed by atoms with Crippen LogP contribution in [-0.2, 0) is 6.54 Å². The summed E-state index contributed by atoms with van der Waals surface area (Å²) < 4.78 is 5.57. The van der Waals surface area contributed by atoms with Crippen LogP contribution in [0, 0.1) is 0 Å². The Morgan fingerprint density at radius 3 is 2.78 bits per heavy atom. The highest BCUT2D eigenvalue weighted by Crippen LogP contribution is 2.29. The summed E-state index contributed by atoms with van der Waals surface area (Å²) in [7, 11) is 0. The largest absolute Gasteiger partial charge is 0.339 e. The lowest BCUT2D eigenvalue weighted by atomic mass is 10.1. The second kappa shape index (κ2) is 6.93. The Balaban J connectivity index is 1.31. The smallest absolute Gasteiger partial charge is 0.231 e. The normalized spacial score (nSPS) is 17.6. The lowest BCUT2D eigenvalue weighted by molar-refractivity contribution is 0.310. The molecule has 0 bridgehead atoms. The van der Waals surface area contributed by atoms with E-state index in [2.05, 4.69) is 44.3 Å². The minimum absolute atomic E-state index is 0.295. The zero-order chi connectivity index (χ0) is 18.1. The fourth-order valence-electron chi connectivity index (χ4n) is 3.82. The van der Waals surface area contributed by atoms with Gasteiger partial charge in [0, 0.05) is 30.2 Å². The first-order chi connectivity index (χ1) is 13.4. The summed E-state index contributed by atoms with van der Waals surface area (Å²) in [5.41, 5.74) is 3.36. The van der Waals surface area contributed by atoms with Crippen LogP contribution in [0.25, 0.3) is 22.3 Å². The van der Waals surface area contributed by atoms with Crippen molar-refractivity contribution in [3.8, 4) is 11.4 Å². The van der Waals surface area contributed by atoms with Crippen LogP contribution >= 0.6 is 0 Å². The predicted molar refractivity (Wildman–Crippen MR) is 104 cm³/mol. The summed E-state index contributed by atoms with van der Waals surface area (Å²) in [6.07, 6.45) is 2.94. The molecule has 0 saturated carbocycles. The van der Waals surface area contributed by atoms with Crippen molar-refractivity contribution in [2.45, 2.75) is 18.9 Å². The Morgan fingerprint density at radius 2 is 1.85 bits per heavy atom. The molecular weight excluding hydrogens is 336 g/mol. The van der Waals surface area contributed by atoms with E-state index in [1.807, 2.05) is 42.6 Å². The molecule has 3 heterocycles. The van der Waals surface area contributed by atoms with Gasteiger partial charge in [0.2, 0.25) is 11.7 Å². The molecule has 0 aliphatic carbocycles. The molecule has 1 fully saturated rings. The van der Waals surface area contributed by atoms with Crippen LogP contribution in [0.3, 0.4) is 0 Å². The van der Waals surface area contributed by atoms with Crippen LogP contribution in [0.5, 0.6) is 0 Å². The Kier molecular flexibility index (Phi) is 4.14. The monoisotopic (exact) mass is 356 g/mol. The van der Waals surface area contributed by atoms with Crippen LogP contribution in [0.2, 0.25) is 0 Å². The lowest BCUT2D eigenvalue weighted by Crippen LogP contribution is -2.20. The summed E-state index contributed by atoms with van der Waals surface area (Å²) in [6, 6.07) is 20.4. The van der Waals surface area contributed by atoms with E-state index in [-0.39, 0.29) is 0 Å². The van der Waals surface area contributed by atoms with E-state index in [1.54, 1.807) is 0 Å². The van der Waals surface area contributed by atoms with Crippen molar-refractivity contribution in [2.75, 3.05) is 13.1 Å². The zero-order valence-corrected chi connectivity index (χ0v) is 15.0. The number of hydrogen-bond acceptors (Lipinski definition) is 5. The number of nitrogens with zero attached hydrogens (tertiary/aromatic N) is 4. The first kappa shape index (κ1) is 16.1. The van der Waals surface area contributed by atoms with Crippen LogP contribution < -0.4 is 0 Å². The zero-order valence-electron chi connectivity index (χ0n) is 15.0. The third kappa shape index (κ3) is 3.22. The molecule has 1 saturated heterocycles. The molecule has 5 nitrogen and oxygen atoms in total. The number of fused-ring (bicyclic) bond motifs is 1. The third-order valence-corrected chi connectivity index (χ3v) is 5.23. The Labute approximate surface area is 157 Å². The molecule has 1 atom stereocenters. The third-order valence-electron chi connectivity index (χ3n) is 5.23. The van der Waals surface area contributed by atoms with Crippen molar-refractivity contribution in [3.05, 3.63) is 78.3 Å². The van der Waals surface area contributed by atoms with Crippen molar-refractivity contribution in [3.63, 3.8) is 0 Å². The van der Waals surface area contributed by atoms with Crippen LogP contribution in [0.4, 0.5) is 0 Å². The highest BCUT2D eigenvalue weighted by atomic mass is 16.5. The number of hydrogen-bond donors (Lipinski definition) is 0. The molecule has 5 rings (SSSR count). The van der Waals surface area contributed by atoms with Crippen molar-refractivity contribution >= 4 is 10.9 Å². The van der Waals surface area contributed by atoms with Gasteiger partial charge in [0.1, 0.15) is 0 Å². The average molecular weight is 356 g/mol. The maximum absolute atomic E-state index is 5.57. The second-order valence-corrected chi connectivity index (χ2v) is 7.03. The molecule has 2 aromatic heterocycles. The fourth-order valence-corrected chi connectivity index (χ4v) is 3.82. The molecule has 0 radical (unpaired) electrons. The summed E-state index contributed by atoms with van der Waals surface area (Å²) in [6.45, 7) is 2.89. The molecule has 0 spiro atoms. The Hall–Kier alpha value is -3.05. The molecule has 2 aromatic carbocycles. The van der Waals surface area contributed by atoms with E-state index in [1.165, 1.54) is 10.9 Å². The van der Waals surface area contributed by atoms with Gasteiger partial charge in [-0.15, -0.1) is 0 Å². The first-order valence-electron chi connectivity index (χ1n) is 9.31. The van der Waals surface area contributed by atoms with Gasteiger partial charge in [-0.3, -0.25) is 9.88 Å². The summed E-state index contributed by atoms with van der Waals surface area (Å²) >= 11 is 0. The number of benzene rings is 2. The van der Waals surface area contributed by atoms with Crippen molar-refractivity contribution in [1.82, 2.24) is 20.0 Å². The van der Waals surface area contributed by atoms with Gasteiger partial charge < -0.3 is 4.52 Å². The molecule has 1 aliphatic rings. The average Bonchev–Trinajstić information content (AvgIpc) is 3.39. The van der Waals surface area contributed by atoms with Gasteiger partial charge in [0.05, 0.1) is 11.4 Å². The maximum atomic E-state index is 5.57. The van der Waals surface area contributed by atoms with E-state index in [0.29, 0.717) is 11.7 Å². The minimum atomic E-state index is 0.295. The Morgan fingerprint density at radius 1 is 1.00 bits per heavy atom. The second-order valence-electron chi connectivity index (χ2n) is 7.03. The van der Waals surface area contributed by atoms with Crippen molar-refractivity contribution in [1.29, 1.82) is 0 Å². The van der Waals surface area contributed by atoms with Gasteiger partial charge in [-0.2, -0.15) is 4.98 Å². The van der Waals surface area contributed by atoms with Crippen LogP contribution in [-0.4, -0.2) is 33.1 Å². The number of rotatable bonds is 4. The minimum Gasteiger partial charge on any atom is -0.339 e. The molecule has 27 heavy (non-hydrogen) atoms. The highest BCUT2D eigenvalue weighted by molar-refractivity contribution is 5.81. The topological polar surface area (TPSA) is 55.1 Å². The van der Waals surface area contributed by atoms with Gasteiger partial charge in [0.15, 0.2) is 0 Å². The lowest BCUT2D eigenvalue weighted by Gasteiger charge is -2.16. The van der Waals surface area contributed by atoms with E-state index in [9.17, 15) is 0 Å². The quantitative estimate of drug-likeness (QED) is 0.546. The van der Waals surface area contributed by atoms with Gasteiger partial charge >= 0.3 is 0 Å². The summed E-state index contributed by atoms with van der Waals surface area (Å²) in [4.78, 5) is 11.6. The van der Waals surface area contributed by atoms with Crippen LogP contribution in [0.15, 0.2) is 71.4 Å².